The van der Waals surface area contributed by atoms with E-state index < -0.39 is 0 Å². The SMILES string of the molecule is Cc1ccc(F)cc1CNCC(=O)N1CCCCC1. The summed E-state index contributed by atoms with van der Waals surface area (Å²) in [5.41, 5.74) is 1.95. The zero-order chi connectivity index (χ0) is 13.7. The van der Waals surface area contributed by atoms with Crippen molar-refractivity contribution < 1.29 is 9.18 Å². The molecule has 0 atom stereocenters. The number of aryl methyl sites for hydroxylation is 1. The molecule has 4 heteroatoms. The molecule has 1 saturated heterocycles. The van der Waals surface area contributed by atoms with Gasteiger partial charge in [0.25, 0.3) is 0 Å². The highest BCUT2D eigenvalue weighted by Crippen LogP contribution is 2.10. The predicted molar refractivity (Wildman–Crippen MR) is 73.3 cm³/mol. The lowest BCUT2D eigenvalue weighted by Gasteiger charge is -2.26. The third-order valence-corrected chi connectivity index (χ3v) is 3.61. The van der Waals surface area contributed by atoms with Crippen molar-refractivity contribution in [3.8, 4) is 0 Å². The van der Waals surface area contributed by atoms with E-state index >= 15 is 0 Å². The first-order valence-electron chi connectivity index (χ1n) is 6.90. The average Bonchev–Trinajstić information content (AvgIpc) is 2.43. The molecule has 1 aromatic carbocycles. The number of hydrogen-bond donors (Lipinski definition) is 1. The van der Waals surface area contributed by atoms with E-state index in [1.807, 2.05) is 11.8 Å². The highest BCUT2D eigenvalue weighted by Gasteiger charge is 2.15. The minimum absolute atomic E-state index is 0.147. The topological polar surface area (TPSA) is 32.3 Å². The lowest BCUT2D eigenvalue weighted by Crippen LogP contribution is -2.41. The predicted octanol–water partition coefficient (Wildman–Crippen LogP) is 2.24. The van der Waals surface area contributed by atoms with E-state index in [0.29, 0.717) is 13.1 Å². The number of carbonyl (C=O) groups is 1. The summed E-state index contributed by atoms with van der Waals surface area (Å²) in [6, 6.07) is 4.74. The van der Waals surface area contributed by atoms with E-state index in [1.165, 1.54) is 18.6 Å². The molecule has 1 fully saturated rings. The molecule has 0 radical (unpaired) electrons. The first-order chi connectivity index (χ1) is 9.16. The highest BCUT2D eigenvalue weighted by atomic mass is 19.1. The van der Waals surface area contributed by atoms with Crippen LogP contribution in [-0.2, 0) is 11.3 Å². The number of rotatable bonds is 4. The second kappa shape index (κ2) is 6.66. The quantitative estimate of drug-likeness (QED) is 0.904. The molecule has 0 unspecified atom stereocenters. The van der Waals surface area contributed by atoms with E-state index in [0.717, 1.165) is 37.1 Å². The fourth-order valence-electron chi connectivity index (χ4n) is 2.39. The zero-order valence-electron chi connectivity index (χ0n) is 11.4. The molecule has 0 aromatic heterocycles. The minimum Gasteiger partial charge on any atom is -0.342 e. The Balaban J connectivity index is 1.79. The second-order valence-corrected chi connectivity index (χ2v) is 5.12. The monoisotopic (exact) mass is 264 g/mol. The van der Waals surface area contributed by atoms with Gasteiger partial charge in [-0.25, -0.2) is 4.39 Å². The third kappa shape index (κ3) is 4.03. The van der Waals surface area contributed by atoms with Crippen molar-refractivity contribution in [2.24, 2.45) is 0 Å². The van der Waals surface area contributed by atoms with Crippen LogP contribution in [0.3, 0.4) is 0 Å². The Labute approximate surface area is 113 Å². The molecule has 3 nitrogen and oxygen atoms in total. The van der Waals surface area contributed by atoms with Crippen molar-refractivity contribution in [1.82, 2.24) is 10.2 Å². The van der Waals surface area contributed by atoms with Gasteiger partial charge in [0, 0.05) is 19.6 Å². The number of nitrogens with zero attached hydrogens (tertiary/aromatic N) is 1. The summed E-state index contributed by atoms with van der Waals surface area (Å²) in [7, 11) is 0. The first-order valence-corrected chi connectivity index (χ1v) is 6.90. The zero-order valence-corrected chi connectivity index (χ0v) is 11.4. The van der Waals surface area contributed by atoms with Crippen LogP contribution in [-0.4, -0.2) is 30.4 Å². The molecule has 104 valence electrons. The Morgan fingerprint density at radius 2 is 2.05 bits per heavy atom. The molecule has 1 N–H and O–H groups in total. The molecule has 1 amide bonds. The molecule has 1 aliphatic rings. The second-order valence-electron chi connectivity index (χ2n) is 5.12. The molecular weight excluding hydrogens is 243 g/mol. The van der Waals surface area contributed by atoms with Crippen LogP contribution in [0.15, 0.2) is 18.2 Å². The summed E-state index contributed by atoms with van der Waals surface area (Å²) in [6.07, 6.45) is 3.43. The van der Waals surface area contributed by atoms with E-state index in [4.69, 9.17) is 0 Å². The van der Waals surface area contributed by atoms with Gasteiger partial charge in [0.15, 0.2) is 0 Å². The maximum absolute atomic E-state index is 13.1. The third-order valence-electron chi connectivity index (χ3n) is 3.61. The smallest absolute Gasteiger partial charge is 0.236 e. The largest absolute Gasteiger partial charge is 0.342 e. The Bertz CT molecular complexity index is 442. The van der Waals surface area contributed by atoms with Crippen LogP contribution >= 0.6 is 0 Å². The molecule has 1 aromatic rings. The fourth-order valence-corrected chi connectivity index (χ4v) is 2.39. The van der Waals surface area contributed by atoms with Gasteiger partial charge in [-0.2, -0.15) is 0 Å². The number of benzene rings is 1. The maximum atomic E-state index is 13.1. The van der Waals surface area contributed by atoms with Gasteiger partial charge in [0.1, 0.15) is 5.82 Å². The minimum atomic E-state index is -0.232. The van der Waals surface area contributed by atoms with Crippen molar-refractivity contribution in [3.63, 3.8) is 0 Å². The van der Waals surface area contributed by atoms with Crippen molar-refractivity contribution in [2.45, 2.75) is 32.7 Å². The van der Waals surface area contributed by atoms with Crippen LogP contribution in [0.1, 0.15) is 30.4 Å². The molecule has 1 aliphatic heterocycles. The van der Waals surface area contributed by atoms with Crippen LogP contribution in [0.4, 0.5) is 4.39 Å². The van der Waals surface area contributed by atoms with Gasteiger partial charge in [0.2, 0.25) is 5.91 Å². The molecule has 0 bridgehead atoms. The summed E-state index contributed by atoms with van der Waals surface area (Å²) in [5, 5.41) is 3.11. The number of likely N-dealkylation sites (tertiary alicyclic amines) is 1. The molecule has 0 aliphatic carbocycles. The van der Waals surface area contributed by atoms with Gasteiger partial charge >= 0.3 is 0 Å². The number of carbonyl (C=O) groups excluding carboxylic acids is 1. The van der Waals surface area contributed by atoms with Crippen molar-refractivity contribution >= 4 is 5.91 Å². The highest BCUT2D eigenvalue weighted by molar-refractivity contribution is 5.78. The lowest BCUT2D eigenvalue weighted by molar-refractivity contribution is -0.131. The van der Waals surface area contributed by atoms with Crippen molar-refractivity contribution in [1.29, 1.82) is 0 Å². The van der Waals surface area contributed by atoms with Gasteiger partial charge in [-0.15, -0.1) is 0 Å². The molecule has 2 rings (SSSR count). The number of nitrogens with one attached hydrogen (secondary N) is 1. The molecule has 0 spiro atoms. The summed E-state index contributed by atoms with van der Waals surface area (Å²) in [4.78, 5) is 13.8. The average molecular weight is 264 g/mol. The summed E-state index contributed by atoms with van der Waals surface area (Å²) >= 11 is 0. The molecular formula is C15H21FN2O. The Morgan fingerprint density at radius 1 is 1.32 bits per heavy atom. The Kier molecular flexibility index (Phi) is 4.91. The summed E-state index contributed by atoms with van der Waals surface area (Å²) in [5.74, 6) is -0.0847. The molecule has 19 heavy (non-hydrogen) atoms. The molecule has 0 saturated carbocycles. The van der Waals surface area contributed by atoms with Crippen LogP contribution in [0, 0.1) is 12.7 Å². The maximum Gasteiger partial charge on any atom is 0.236 e. The van der Waals surface area contributed by atoms with Gasteiger partial charge in [-0.1, -0.05) is 6.07 Å². The summed E-state index contributed by atoms with van der Waals surface area (Å²) in [6.45, 7) is 4.56. The van der Waals surface area contributed by atoms with E-state index in [-0.39, 0.29) is 11.7 Å². The van der Waals surface area contributed by atoms with E-state index in [9.17, 15) is 9.18 Å². The van der Waals surface area contributed by atoms with Gasteiger partial charge in [-0.05, 0) is 49.4 Å². The van der Waals surface area contributed by atoms with Gasteiger partial charge < -0.3 is 10.2 Å². The number of amides is 1. The summed E-state index contributed by atoms with van der Waals surface area (Å²) < 4.78 is 13.1. The van der Waals surface area contributed by atoms with Crippen molar-refractivity contribution in [2.75, 3.05) is 19.6 Å². The Hall–Kier alpha value is -1.42. The van der Waals surface area contributed by atoms with Crippen LogP contribution in [0.5, 0.6) is 0 Å². The molecule has 1 heterocycles. The Morgan fingerprint density at radius 3 is 2.79 bits per heavy atom. The van der Waals surface area contributed by atoms with Gasteiger partial charge in [0.05, 0.1) is 6.54 Å². The number of halogens is 1. The first kappa shape index (κ1) is 14.0. The number of hydrogen-bond acceptors (Lipinski definition) is 2. The van der Waals surface area contributed by atoms with Crippen LogP contribution < -0.4 is 5.32 Å². The fraction of sp³-hybridized carbons (Fsp3) is 0.533. The van der Waals surface area contributed by atoms with Crippen LogP contribution in [0.2, 0.25) is 0 Å². The van der Waals surface area contributed by atoms with Crippen molar-refractivity contribution in [3.05, 3.63) is 35.1 Å². The lowest BCUT2D eigenvalue weighted by atomic mass is 10.1. The standard InChI is InChI=1S/C15H21FN2O/c1-12-5-6-14(16)9-13(12)10-17-11-15(19)18-7-3-2-4-8-18/h5-6,9,17H,2-4,7-8,10-11H2,1H3. The van der Waals surface area contributed by atoms with Crippen LogP contribution in [0.25, 0.3) is 0 Å². The van der Waals surface area contributed by atoms with E-state index in [1.54, 1.807) is 6.07 Å². The number of piperidine rings is 1. The van der Waals surface area contributed by atoms with Gasteiger partial charge in [-0.3, -0.25) is 4.79 Å². The normalized spacial score (nSPS) is 15.6. The van der Waals surface area contributed by atoms with E-state index in [2.05, 4.69) is 5.32 Å².